The van der Waals surface area contributed by atoms with E-state index < -0.39 is 12.0 Å². The number of quaternary nitrogens is 1. The van der Waals surface area contributed by atoms with Gasteiger partial charge in [0, 0.05) is 6.04 Å². The Morgan fingerprint density at radius 1 is 0.606 bits per heavy atom. The van der Waals surface area contributed by atoms with E-state index in [4.69, 9.17) is 5.73 Å². The second-order valence-electron chi connectivity index (χ2n) is 10.6. The van der Waals surface area contributed by atoms with Crippen molar-refractivity contribution >= 4 is 5.97 Å². The van der Waals surface area contributed by atoms with Gasteiger partial charge in [0.25, 0.3) is 0 Å². The summed E-state index contributed by atoms with van der Waals surface area (Å²) in [5.41, 5.74) is 5.10. The van der Waals surface area contributed by atoms with Crippen LogP contribution in [0.25, 0.3) is 0 Å². The summed E-state index contributed by atoms with van der Waals surface area (Å²) in [7, 11) is 0. The van der Waals surface area contributed by atoms with E-state index in [0.29, 0.717) is 0 Å². The number of unbranched alkanes of at least 4 members (excludes halogenated alkanes) is 12. The van der Waals surface area contributed by atoms with Gasteiger partial charge in [-0.1, -0.05) is 92.9 Å². The molecular formula is C29H62N2O2. The van der Waals surface area contributed by atoms with Gasteiger partial charge in [-0.15, -0.1) is 0 Å². The zero-order valence-electron chi connectivity index (χ0n) is 23.6. The minimum Gasteiger partial charge on any atom is -0.548 e. The summed E-state index contributed by atoms with van der Waals surface area (Å²) in [5, 5.41) is 9.90. The number of aliphatic carboxylic acids is 1. The number of carboxylic acid groups (broad SMARTS) is 1. The van der Waals surface area contributed by atoms with Crippen molar-refractivity contribution in [3.05, 3.63) is 0 Å². The minimum atomic E-state index is -1.18. The summed E-state index contributed by atoms with van der Waals surface area (Å²) < 4.78 is 1.46. The van der Waals surface area contributed by atoms with Gasteiger partial charge in [0.2, 0.25) is 0 Å². The molecule has 33 heavy (non-hydrogen) atoms. The SMILES string of the molecule is CC(C)C(N)C(=O)[O-].CCCCCC[N+](CCCCCC)(CCCCCC)CCCCCC. The average molecular weight is 471 g/mol. The standard InChI is InChI=1S/C24H52N.C5H11NO2/c1-5-9-13-17-21-25(22-18-14-10-6-2,23-19-15-11-7-3)24-20-16-12-8-4;1-3(2)4(6)5(7)8/h5-24H2,1-4H3;3-4H,6H2,1-2H3,(H,7,8)/q+1;/p-1. The van der Waals surface area contributed by atoms with Crippen molar-refractivity contribution in [1.82, 2.24) is 0 Å². The van der Waals surface area contributed by atoms with Crippen LogP contribution in [0.1, 0.15) is 144 Å². The van der Waals surface area contributed by atoms with Gasteiger partial charge in [-0.3, -0.25) is 0 Å². The van der Waals surface area contributed by atoms with Crippen molar-refractivity contribution in [2.75, 3.05) is 26.2 Å². The lowest BCUT2D eigenvalue weighted by Crippen LogP contribution is -2.50. The van der Waals surface area contributed by atoms with Gasteiger partial charge in [0.1, 0.15) is 0 Å². The van der Waals surface area contributed by atoms with E-state index in [1.807, 2.05) is 0 Å². The lowest BCUT2D eigenvalue weighted by molar-refractivity contribution is -0.929. The molecule has 2 N–H and O–H groups in total. The average Bonchev–Trinajstić information content (AvgIpc) is 2.80. The Labute approximate surface area is 208 Å². The normalized spacial score (nSPS) is 12.5. The van der Waals surface area contributed by atoms with Crippen LogP contribution in [0.15, 0.2) is 0 Å². The molecule has 200 valence electrons. The molecule has 4 nitrogen and oxygen atoms in total. The highest BCUT2D eigenvalue weighted by atomic mass is 16.4. The lowest BCUT2D eigenvalue weighted by atomic mass is 10.1. The van der Waals surface area contributed by atoms with Gasteiger partial charge in [-0.2, -0.15) is 0 Å². The number of nitrogens with two attached hydrogens (primary N) is 1. The molecule has 0 aromatic rings. The molecule has 0 fully saturated rings. The molecule has 1 unspecified atom stereocenters. The van der Waals surface area contributed by atoms with E-state index in [1.54, 1.807) is 13.8 Å². The molecule has 0 saturated heterocycles. The second-order valence-corrected chi connectivity index (χ2v) is 10.6. The highest BCUT2D eigenvalue weighted by Gasteiger charge is 2.25. The van der Waals surface area contributed by atoms with Crippen LogP contribution in [0, 0.1) is 5.92 Å². The first kappa shape index (κ1) is 34.6. The van der Waals surface area contributed by atoms with Crippen molar-refractivity contribution in [1.29, 1.82) is 0 Å². The van der Waals surface area contributed by atoms with Crippen LogP contribution in [0.2, 0.25) is 0 Å². The quantitative estimate of drug-likeness (QED) is 0.139. The van der Waals surface area contributed by atoms with Crippen molar-refractivity contribution in [3.8, 4) is 0 Å². The van der Waals surface area contributed by atoms with Gasteiger partial charge in [0.15, 0.2) is 0 Å². The first-order chi connectivity index (χ1) is 15.8. The minimum absolute atomic E-state index is 0.0417. The van der Waals surface area contributed by atoms with Crippen molar-refractivity contribution in [3.63, 3.8) is 0 Å². The zero-order chi connectivity index (χ0) is 25.4. The predicted molar refractivity (Wildman–Crippen MR) is 144 cm³/mol. The highest BCUT2D eigenvalue weighted by Crippen LogP contribution is 2.19. The van der Waals surface area contributed by atoms with Crippen molar-refractivity contribution < 1.29 is 14.4 Å². The Morgan fingerprint density at radius 2 is 0.879 bits per heavy atom. The Morgan fingerprint density at radius 3 is 1.03 bits per heavy atom. The van der Waals surface area contributed by atoms with Gasteiger partial charge < -0.3 is 20.1 Å². The third kappa shape index (κ3) is 21.6. The van der Waals surface area contributed by atoms with Crippen LogP contribution >= 0.6 is 0 Å². The maximum absolute atomic E-state index is 9.90. The molecule has 4 heteroatoms. The summed E-state index contributed by atoms with van der Waals surface area (Å²) >= 11 is 0. The predicted octanol–water partition coefficient (Wildman–Crippen LogP) is 6.84. The summed E-state index contributed by atoms with van der Waals surface area (Å²) in [4.78, 5) is 9.90. The number of hydrogen-bond donors (Lipinski definition) is 1. The van der Waals surface area contributed by atoms with E-state index in [2.05, 4.69) is 27.7 Å². The molecule has 1 atom stereocenters. The van der Waals surface area contributed by atoms with E-state index in [-0.39, 0.29) is 5.92 Å². The molecule has 0 rings (SSSR count). The maximum Gasteiger partial charge on any atom is 0.0786 e. The highest BCUT2D eigenvalue weighted by molar-refractivity contribution is 5.71. The van der Waals surface area contributed by atoms with Crippen LogP contribution in [0.5, 0.6) is 0 Å². The molecule has 0 aliphatic carbocycles. The number of carboxylic acids is 1. The molecule has 0 aromatic heterocycles. The van der Waals surface area contributed by atoms with Gasteiger partial charge >= 0.3 is 0 Å². The lowest BCUT2D eigenvalue weighted by Gasteiger charge is -2.39. The van der Waals surface area contributed by atoms with E-state index in [0.717, 1.165) is 0 Å². The number of carbonyl (C=O) groups excluding carboxylic acids is 1. The molecule has 0 bridgehead atoms. The smallest absolute Gasteiger partial charge is 0.0786 e. The van der Waals surface area contributed by atoms with Crippen LogP contribution in [0.3, 0.4) is 0 Å². The first-order valence-corrected chi connectivity index (χ1v) is 14.6. The van der Waals surface area contributed by atoms with E-state index in [1.165, 1.54) is 133 Å². The summed E-state index contributed by atoms with van der Waals surface area (Å²) in [6, 6.07) is -0.824. The Hall–Kier alpha value is -0.610. The maximum atomic E-state index is 9.90. The molecule has 0 saturated carbocycles. The molecular weight excluding hydrogens is 408 g/mol. The number of hydrogen-bond acceptors (Lipinski definition) is 3. The molecule has 0 radical (unpaired) electrons. The molecule has 0 aromatic carbocycles. The van der Waals surface area contributed by atoms with Crippen molar-refractivity contribution in [2.24, 2.45) is 11.7 Å². The Bertz CT molecular complexity index is 359. The topological polar surface area (TPSA) is 66.2 Å². The largest absolute Gasteiger partial charge is 0.548 e. The number of rotatable bonds is 22. The van der Waals surface area contributed by atoms with Gasteiger partial charge in [-0.05, 0) is 57.3 Å². The van der Waals surface area contributed by atoms with Crippen molar-refractivity contribution in [2.45, 2.75) is 150 Å². The zero-order valence-corrected chi connectivity index (χ0v) is 23.6. The number of carbonyl (C=O) groups is 1. The second kappa shape index (κ2) is 24.5. The fourth-order valence-corrected chi connectivity index (χ4v) is 4.44. The molecule has 0 aliphatic rings. The monoisotopic (exact) mass is 470 g/mol. The summed E-state index contributed by atoms with van der Waals surface area (Å²) in [6.07, 6.45) is 22.8. The van der Waals surface area contributed by atoms with Gasteiger partial charge in [-0.25, -0.2) is 0 Å². The Balaban J connectivity index is 0. The van der Waals surface area contributed by atoms with Crippen LogP contribution in [0.4, 0.5) is 0 Å². The molecule has 0 heterocycles. The summed E-state index contributed by atoms with van der Waals surface area (Å²) in [5.74, 6) is -1.22. The Kier molecular flexibility index (Phi) is 25.7. The molecule has 0 spiro atoms. The third-order valence-corrected chi connectivity index (χ3v) is 6.93. The first-order valence-electron chi connectivity index (χ1n) is 14.6. The van der Waals surface area contributed by atoms with Crippen LogP contribution in [-0.4, -0.2) is 42.7 Å². The third-order valence-electron chi connectivity index (χ3n) is 6.93. The summed E-state index contributed by atoms with van der Waals surface area (Å²) in [6.45, 7) is 18.7. The molecule has 0 amide bonds. The van der Waals surface area contributed by atoms with E-state index in [9.17, 15) is 9.90 Å². The van der Waals surface area contributed by atoms with Crippen LogP contribution < -0.4 is 10.8 Å². The van der Waals surface area contributed by atoms with Crippen LogP contribution in [-0.2, 0) is 4.79 Å². The number of nitrogens with zero attached hydrogens (tertiary/aromatic N) is 1. The van der Waals surface area contributed by atoms with E-state index >= 15 is 0 Å². The fourth-order valence-electron chi connectivity index (χ4n) is 4.44. The fraction of sp³-hybridized carbons (Fsp3) is 0.966. The molecule has 0 aliphatic heterocycles. The van der Waals surface area contributed by atoms with Gasteiger partial charge in [0.05, 0.1) is 32.1 Å².